The van der Waals surface area contributed by atoms with Crippen molar-refractivity contribution in [1.82, 2.24) is 0 Å². The molecule has 0 saturated carbocycles. The minimum atomic E-state index is 0.767. The second-order valence-corrected chi connectivity index (χ2v) is 2.77. The summed E-state index contributed by atoms with van der Waals surface area (Å²) in [6.45, 7) is 6.67. The number of thiol groups is 1. The maximum absolute atomic E-state index is 4.15. The maximum Gasteiger partial charge on any atom is -0.00697 e. The Kier molecular flexibility index (Phi) is 3.53. The van der Waals surface area contributed by atoms with Crippen LogP contribution in [-0.4, -0.2) is 5.75 Å². The van der Waals surface area contributed by atoms with E-state index in [2.05, 4.69) is 33.4 Å². The van der Waals surface area contributed by atoms with E-state index in [1.807, 2.05) is 0 Å². The summed E-state index contributed by atoms with van der Waals surface area (Å²) in [5, 5.41) is 0. The molecule has 0 amide bonds. The Balaban J connectivity index is 3.14. The molecule has 0 heterocycles. The lowest BCUT2D eigenvalue weighted by Crippen LogP contribution is -2.04. The van der Waals surface area contributed by atoms with E-state index in [-0.39, 0.29) is 0 Å². The van der Waals surface area contributed by atoms with Crippen molar-refractivity contribution in [2.75, 3.05) is 5.75 Å². The van der Waals surface area contributed by atoms with E-state index in [9.17, 15) is 0 Å². The second-order valence-electron chi connectivity index (χ2n) is 2.40. The first-order chi connectivity index (χ1) is 3.18. The average Bonchev–Trinajstić information content (AvgIpc) is 1.65. The fourth-order valence-electron chi connectivity index (χ4n) is 0.211. The molecule has 1 heteroatoms. The monoisotopic (exact) mass is 118 g/mol. The minimum Gasteiger partial charge on any atom is -0.179 e. The molecule has 0 saturated heterocycles. The SMILES string of the molecule is CC(C)[C@@H](C)CS. The summed E-state index contributed by atoms with van der Waals surface area (Å²) in [6.07, 6.45) is 0. The van der Waals surface area contributed by atoms with Gasteiger partial charge in [-0.2, -0.15) is 12.6 Å². The molecule has 0 aliphatic carbocycles. The summed E-state index contributed by atoms with van der Waals surface area (Å²) in [4.78, 5) is 0. The van der Waals surface area contributed by atoms with Crippen molar-refractivity contribution in [2.45, 2.75) is 20.8 Å². The van der Waals surface area contributed by atoms with Gasteiger partial charge in [-0.1, -0.05) is 20.8 Å². The molecule has 0 aromatic heterocycles. The van der Waals surface area contributed by atoms with E-state index in [0.29, 0.717) is 0 Å². The van der Waals surface area contributed by atoms with Crippen LogP contribution in [0.2, 0.25) is 0 Å². The van der Waals surface area contributed by atoms with Gasteiger partial charge in [-0.15, -0.1) is 0 Å². The van der Waals surface area contributed by atoms with Crippen LogP contribution in [0.3, 0.4) is 0 Å². The summed E-state index contributed by atoms with van der Waals surface area (Å²) >= 11 is 4.15. The Hall–Kier alpha value is 0.350. The van der Waals surface area contributed by atoms with Gasteiger partial charge in [-0.3, -0.25) is 0 Å². The molecule has 0 spiro atoms. The topological polar surface area (TPSA) is 0 Å². The number of hydrogen-bond donors (Lipinski definition) is 1. The molecule has 1 atom stereocenters. The third-order valence-electron chi connectivity index (χ3n) is 1.43. The molecule has 0 aromatic rings. The molecule has 0 unspecified atom stereocenters. The van der Waals surface area contributed by atoms with Crippen LogP contribution in [0, 0.1) is 11.8 Å². The minimum absolute atomic E-state index is 0.767. The molecule has 0 fully saturated rings. The van der Waals surface area contributed by atoms with Gasteiger partial charge in [0.1, 0.15) is 0 Å². The molecule has 0 bridgehead atoms. The molecule has 44 valence electrons. The summed E-state index contributed by atoms with van der Waals surface area (Å²) < 4.78 is 0. The molecule has 0 aliphatic rings. The molecule has 0 N–H and O–H groups in total. The van der Waals surface area contributed by atoms with Crippen LogP contribution in [0.1, 0.15) is 20.8 Å². The van der Waals surface area contributed by atoms with Crippen molar-refractivity contribution in [3.05, 3.63) is 0 Å². The molecular weight excluding hydrogens is 104 g/mol. The molecule has 0 nitrogen and oxygen atoms in total. The van der Waals surface area contributed by atoms with Gasteiger partial charge in [0.2, 0.25) is 0 Å². The zero-order valence-electron chi connectivity index (χ0n) is 5.31. The van der Waals surface area contributed by atoms with Crippen LogP contribution in [-0.2, 0) is 0 Å². The Morgan fingerprint density at radius 1 is 1.29 bits per heavy atom. The molecule has 7 heavy (non-hydrogen) atoms. The van der Waals surface area contributed by atoms with E-state index in [1.54, 1.807) is 0 Å². The first-order valence-corrected chi connectivity index (χ1v) is 3.42. The van der Waals surface area contributed by atoms with Crippen molar-refractivity contribution >= 4 is 12.6 Å². The van der Waals surface area contributed by atoms with E-state index in [1.165, 1.54) is 0 Å². The third kappa shape index (κ3) is 2.98. The predicted octanol–water partition coefficient (Wildman–Crippen LogP) is 2.21. The Labute approximate surface area is 51.7 Å². The van der Waals surface area contributed by atoms with Crippen molar-refractivity contribution in [3.8, 4) is 0 Å². The van der Waals surface area contributed by atoms with Crippen LogP contribution in [0.4, 0.5) is 0 Å². The van der Waals surface area contributed by atoms with E-state index in [0.717, 1.165) is 17.6 Å². The molecule has 0 aliphatic heterocycles. The summed E-state index contributed by atoms with van der Waals surface area (Å²) in [7, 11) is 0. The van der Waals surface area contributed by atoms with Crippen molar-refractivity contribution in [1.29, 1.82) is 0 Å². The number of rotatable bonds is 2. The van der Waals surface area contributed by atoms with Crippen LogP contribution >= 0.6 is 12.6 Å². The third-order valence-corrected chi connectivity index (χ3v) is 2.00. The first kappa shape index (κ1) is 7.35. The average molecular weight is 118 g/mol. The first-order valence-electron chi connectivity index (χ1n) is 2.79. The summed E-state index contributed by atoms with van der Waals surface area (Å²) in [5.41, 5.74) is 0. The van der Waals surface area contributed by atoms with Gasteiger partial charge >= 0.3 is 0 Å². The zero-order valence-corrected chi connectivity index (χ0v) is 6.20. The van der Waals surface area contributed by atoms with Gasteiger partial charge < -0.3 is 0 Å². The van der Waals surface area contributed by atoms with Crippen molar-refractivity contribution in [3.63, 3.8) is 0 Å². The van der Waals surface area contributed by atoms with E-state index in [4.69, 9.17) is 0 Å². The second kappa shape index (κ2) is 3.36. The number of hydrogen-bond acceptors (Lipinski definition) is 1. The quantitative estimate of drug-likeness (QED) is 0.528. The fraction of sp³-hybridized carbons (Fsp3) is 1.00. The van der Waals surface area contributed by atoms with Crippen LogP contribution < -0.4 is 0 Å². The lowest BCUT2D eigenvalue weighted by molar-refractivity contribution is 0.465. The predicted molar refractivity (Wildman–Crippen MR) is 37.9 cm³/mol. The van der Waals surface area contributed by atoms with Gasteiger partial charge in [0.25, 0.3) is 0 Å². The largest absolute Gasteiger partial charge is 0.179 e. The smallest absolute Gasteiger partial charge is 0.00697 e. The summed E-state index contributed by atoms with van der Waals surface area (Å²) in [5.74, 6) is 2.57. The highest BCUT2D eigenvalue weighted by Gasteiger charge is 2.01. The lowest BCUT2D eigenvalue weighted by Gasteiger charge is -2.10. The Morgan fingerprint density at radius 2 is 1.71 bits per heavy atom. The standard InChI is InChI=1S/C6H14S/c1-5(2)6(3)4-7/h5-7H,4H2,1-3H3/t6-/m0/s1. The van der Waals surface area contributed by atoms with Crippen LogP contribution in [0.25, 0.3) is 0 Å². The molecular formula is C6H14S. The van der Waals surface area contributed by atoms with E-state index < -0.39 is 0 Å². The maximum atomic E-state index is 4.15. The van der Waals surface area contributed by atoms with Gasteiger partial charge in [-0.05, 0) is 17.6 Å². The van der Waals surface area contributed by atoms with Crippen molar-refractivity contribution in [2.24, 2.45) is 11.8 Å². The highest BCUT2D eigenvalue weighted by atomic mass is 32.1. The summed E-state index contributed by atoms with van der Waals surface area (Å²) in [6, 6.07) is 0. The normalized spacial score (nSPS) is 15.0. The highest BCUT2D eigenvalue weighted by Crippen LogP contribution is 2.09. The van der Waals surface area contributed by atoms with Gasteiger partial charge in [0, 0.05) is 0 Å². The van der Waals surface area contributed by atoms with Crippen LogP contribution in [0.5, 0.6) is 0 Å². The highest BCUT2D eigenvalue weighted by molar-refractivity contribution is 7.80. The molecule has 0 radical (unpaired) electrons. The fourth-order valence-corrected chi connectivity index (χ4v) is 0.632. The van der Waals surface area contributed by atoms with Crippen molar-refractivity contribution < 1.29 is 0 Å². The molecule has 0 aromatic carbocycles. The Bertz CT molecular complexity index is 41.4. The van der Waals surface area contributed by atoms with Gasteiger partial charge in [-0.25, -0.2) is 0 Å². The Morgan fingerprint density at radius 3 is 1.71 bits per heavy atom. The van der Waals surface area contributed by atoms with Crippen LogP contribution in [0.15, 0.2) is 0 Å². The molecule has 0 rings (SSSR count). The van der Waals surface area contributed by atoms with E-state index >= 15 is 0 Å². The zero-order chi connectivity index (χ0) is 5.86. The lowest BCUT2D eigenvalue weighted by atomic mass is 10.0. The van der Waals surface area contributed by atoms with Gasteiger partial charge in [0.15, 0.2) is 0 Å². The van der Waals surface area contributed by atoms with Gasteiger partial charge in [0.05, 0.1) is 0 Å².